The van der Waals surface area contributed by atoms with Gasteiger partial charge < -0.3 is 22.3 Å². The third kappa shape index (κ3) is 4.61. The van der Waals surface area contributed by atoms with E-state index in [1.807, 2.05) is 6.07 Å². The van der Waals surface area contributed by atoms with Crippen LogP contribution in [0.4, 0.5) is 5.69 Å². The lowest BCUT2D eigenvalue weighted by Crippen LogP contribution is -2.40. The van der Waals surface area contributed by atoms with Gasteiger partial charge in [-0.1, -0.05) is 6.07 Å². The van der Waals surface area contributed by atoms with Gasteiger partial charge in [0.2, 0.25) is 16.0 Å². The SMILES string of the molecule is CN(C(=N)N)S(=O)(=O)CC1CCCc2ccc(NC(=O)/C(C=N)=N/N)cc21. The molecule has 27 heavy (non-hydrogen) atoms. The van der Waals surface area contributed by atoms with Crippen molar-refractivity contribution in [1.82, 2.24) is 4.31 Å². The first-order valence-corrected chi connectivity index (χ1v) is 9.83. The lowest BCUT2D eigenvalue weighted by molar-refractivity contribution is -0.110. The van der Waals surface area contributed by atoms with Crippen LogP contribution in [0.1, 0.15) is 29.9 Å². The summed E-state index contributed by atoms with van der Waals surface area (Å²) in [6.07, 6.45) is 3.09. The highest BCUT2D eigenvalue weighted by atomic mass is 32.2. The van der Waals surface area contributed by atoms with Gasteiger partial charge >= 0.3 is 0 Å². The van der Waals surface area contributed by atoms with E-state index in [2.05, 4.69) is 10.4 Å². The zero-order chi connectivity index (χ0) is 20.2. The Bertz CT molecular complexity index is 895. The number of nitrogens with one attached hydrogen (secondary N) is 3. The van der Waals surface area contributed by atoms with Crippen LogP contribution in [-0.2, 0) is 21.2 Å². The quantitative estimate of drug-likeness (QED) is 0.200. The summed E-state index contributed by atoms with van der Waals surface area (Å²) in [6, 6.07) is 5.30. The molecule has 0 aromatic heterocycles. The van der Waals surface area contributed by atoms with E-state index in [9.17, 15) is 13.2 Å². The molecule has 11 heteroatoms. The van der Waals surface area contributed by atoms with Crippen molar-refractivity contribution in [3.8, 4) is 0 Å². The minimum absolute atomic E-state index is 0.177. The van der Waals surface area contributed by atoms with E-state index in [0.29, 0.717) is 12.1 Å². The van der Waals surface area contributed by atoms with E-state index in [1.165, 1.54) is 7.05 Å². The number of carbonyl (C=O) groups excluding carboxylic acids is 1. The number of hydrogen-bond donors (Lipinski definition) is 5. The molecule has 0 saturated carbocycles. The first-order valence-electron chi connectivity index (χ1n) is 8.22. The van der Waals surface area contributed by atoms with Crippen LogP contribution in [-0.4, -0.2) is 49.3 Å². The van der Waals surface area contributed by atoms with Crippen molar-refractivity contribution < 1.29 is 13.2 Å². The maximum Gasteiger partial charge on any atom is 0.277 e. The van der Waals surface area contributed by atoms with Gasteiger partial charge in [-0.25, -0.2) is 12.7 Å². The fraction of sp³-hybridized carbons (Fsp3) is 0.375. The van der Waals surface area contributed by atoms with E-state index < -0.39 is 21.9 Å². The molecule has 1 aliphatic carbocycles. The molecule has 0 fully saturated rings. The van der Waals surface area contributed by atoms with Gasteiger partial charge in [0.15, 0.2) is 5.71 Å². The third-order valence-electron chi connectivity index (χ3n) is 4.52. The number of hydrazone groups is 1. The monoisotopic (exact) mass is 393 g/mol. The Morgan fingerprint density at radius 1 is 1.48 bits per heavy atom. The van der Waals surface area contributed by atoms with Crippen LogP contribution in [0.25, 0.3) is 0 Å². The summed E-state index contributed by atoms with van der Waals surface area (Å²) in [5, 5.41) is 20.3. The average molecular weight is 393 g/mol. The smallest absolute Gasteiger partial charge is 0.277 e. The van der Waals surface area contributed by atoms with E-state index in [-0.39, 0.29) is 17.4 Å². The molecule has 1 aromatic rings. The number of aryl methyl sites for hydroxylation is 1. The van der Waals surface area contributed by atoms with Crippen LogP contribution in [0.5, 0.6) is 0 Å². The Morgan fingerprint density at radius 3 is 2.78 bits per heavy atom. The lowest BCUT2D eigenvalue weighted by atomic mass is 9.83. The Labute approximate surface area is 157 Å². The number of amides is 1. The highest BCUT2D eigenvalue weighted by Crippen LogP contribution is 2.34. The van der Waals surface area contributed by atoms with Crippen LogP contribution in [0.15, 0.2) is 23.3 Å². The largest absolute Gasteiger partial charge is 0.369 e. The molecule has 0 saturated heterocycles. The van der Waals surface area contributed by atoms with Crippen LogP contribution in [0.2, 0.25) is 0 Å². The van der Waals surface area contributed by atoms with Crippen LogP contribution < -0.4 is 16.9 Å². The first kappa shape index (κ1) is 20.4. The summed E-state index contributed by atoms with van der Waals surface area (Å²) < 4.78 is 25.7. The number of benzene rings is 1. The Balaban J connectivity index is 2.29. The van der Waals surface area contributed by atoms with Gasteiger partial charge in [0.25, 0.3) is 5.91 Å². The summed E-state index contributed by atoms with van der Waals surface area (Å²) in [4.78, 5) is 12.0. The second-order valence-electron chi connectivity index (χ2n) is 6.25. The van der Waals surface area contributed by atoms with Crippen molar-refractivity contribution in [3.63, 3.8) is 0 Å². The van der Waals surface area contributed by atoms with Crippen LogP contribution >= 0.6 is 0 Å². The molecule has 0 aliphatic heterocycles. The maximum atomic E-state index is 12.5. The highest BCUT2D eigenvalue weighted by molar-refractivity contribution is 7.89. The number of guanidine groups is 1. The van der Waals surface area contributed by atoms with Gasteiger partial charge in [0.1, 0.15) is 0 Å². The lowest BCUT2D eigenvalue weighted by Gasteiger charge is -2.28. The molecule has 10 nitrogen and oxygen atoms in total. The van der Waals surface area contributed by atoms with Crippen LogP contribution in [0.3, 0.4) is 0 Å². The zero-order valence-electron chi connectivity index (χ0n) is 14.9. The molecule has 0 spiro atoms. The molecule has 0 bridgehead atoms. The van der Waals surface area contributed by atoms with Crippen molar-refractivity contribution in [2.45, 2.75) is 25.2 Å². The highest BCUT2D eigenvalue weighted by Gasteiger charge is 2.29. The topological polar surface area (TPSA) is 179 Å². The van der Waals surface area contributed by atoms with Gasteiger partial charge in [0.05, 0.1) is 12.0 Å². The number of nitrogens with two attached hydrogens (primary N) is 2. The predicted molar refractivity (Wildman–Crippen MR) is 105 cm³/mol. The minimum atomic E-state index is -3.73. The van der Waals surface area contributed by atoms with Crippen molar-refractivity contribution in [2.24, 2.45) is 16.7 Å². The predicted octanol–water partition coefficient (Wildman–Crippen LogP) is 0.164. The van der Waals surface area contributed by atoms with E-state index >= 15 is 0 Å². The van der Waals surface area contributed by atoms with Gasteiger partial charge in [-0.2, -0.15) is 5.10 Å². The first-order chi connectivity index (χ1) is 12.7. The summed E-state index contributed by atoms with van der Waals surface area (Å²) in [6.45, 7) is 0. The van der Waals surface area contributed by atoms with Gasteiger partial charge in [-0.15, -0.1) is 0 Å². The number of sulfonamides is 1. The van der Waals surface area contributed by atoms with Crippen molar-refractivity contribution >= 4 is 39.5 Å². The van der Waals surface area contributed by atoms with Crippen molar-refractivity contribution in [1.29, 1.82) is 10.8 Å². The standard InChI is InChI=1S/C16H23N7O3S/c1-23(16(18)19)27(25,26)9-11-4-2-3-10-5-6-12(7-13(10)11)21-15(24)14(8-17)22-20/h5-8,11,17H,2-4,9,20H2,1H3,(H3,18,19)(H,21,24)/b17-8?,22-14+. The Hall–Kier alpha value is -2.95. The number of hydrogen-bond acceptors (Lipinski definition) is 7. The Morgan fingerprint density at radius 2 is 2.19 bits per heavy atom. The molecule has 1 atom stereocenters. The molecule has 7 N–H and O–H groups in total. The normalized spacial score (nSPS) is 16.9. The molecule has 146 valence electrons. The van der Waals surface area contributed by atoms with Gasteiger partial charge in [0, 0.05) is 12.7 Å². The summed E-state index contributed by atoms with van der Waals surface area (Å²) >= 11 is 0. The molecular formula is C16H23N7O3S. The van der Waals surface area contributed by atoms with Crippen molar-refractivity contribution in [2.75, 3.05) is 18.1 Å². The molecule has 0 radical (unpaired) electrons. The molecule has 0 heterocycles. The van der Waals surface area contributed by atoms with Crippen molar-refractivity contribution in [3.05, 3.63) is 29.3 Å². The zero-order valence-corrected chi connectivity index (χ0v) is 15.7. The van der Waals surface area contributed by atoms with Gasteiger partial charge in [-0.05, 0) is 48.4 Å². The van der Waals surface area contributed by atoms with Crippen LogP contribution in [0, 0.1) is 10.8 Å². The summed E-state index contributed by atoms with van der Waals surface area (Å²) in [5.41, 5.74) is 7.39. The summed E-state index contributed by atoms with van der Waals surface area (Å²) in [5.74, 6) is 3.46. The molecule has 1 amide bonds. The number of nitrogens with zero attached hydrogens (tertiary/aromatic N) is 2. The van der Waals surface area contributed by atoms with E-state index in [0.717, 1.165) is 34.5 Å². The number of fused-ring (bicyclic) bond motifs is 1. The second-order valence-corrected chi connectivity index (χ2v) is 8.29. The number of rotatable bonds is 6. The van der Waals surface area contributed by atoms with E-state index in [4.69, 9.17) is 22.4 Å². The number of carbonyl (C=O) groups is 1. The maximum absolute atomic E-state index is 12.5. The fourth-order valence-electron chi connectivity index (χ4n) is 3.02. The summed E-state index contributed by atoms with van der Waals surface area (Å²) in [7, 11) is -2.48. The van der Waals surface area contributed by atoms with E-state index in [1.54, 1.807) is 12.1 Å². The average Bonchev–Trinajstić information content (AvgIpc) is 2.62. The molecule has 2 rings (SSSR count). The number of anilines is 1. The van der Waals surface area contributed by atoms with Gasteiger partial charge in [-0.3, -0.25) is 10.2 Å². The molecular weight excluding hydrogens is 370 g/mol. The fourth-order valence-corrected chi connectivity index (χ4v) is 4.40. The minimum Gasteiger partial charge on any atom is -0.369 e. The molecule has 1 aliphatic rings. The Kier molecular flexibility index (Phi) is 6.16. The third-order valence-corrected chi connectivity index (χ3v) is 6.37. The second kappa shape index (κ2) is 8.16. The molecule has 1 aromatic carbocycles. The molecule has 1 unspecified atom stereocenters.